The van der Waals surface area contributed by atoms with E-state index in [2.05, 4.69) is 36.4 Å². The van der Waals surface area contributed by atoms with Crippen molar-refractivity contribution in [2.45, 2.75) is 6.42 Å². The molecule has 0 N–H and O–H groups in total. The van der Waals surface area contributed by atoms with E-state index in [1.54, 1.807) is 0 Å². The van der Waals surface area contributed by atoms with Crippen LogP contribution in [0.1, 0.15) is 28.7 Å². The van der Waals surface area contributed by atoms with E-state index in [4.69, 9.17) is 4.74 Å². The Morgan fingerprint density at radius 2 is 0.971 bits per heavy atom. The van der Waals surface area contributed by atoms with Crippen molar-refractivity contribution in [3.8, 4) is 5.75 Å². The van der Waals surface area contributed by atoms with E-state index in [-0.39, 0.29) is 42.6 Å². The van der Waals surface area contributed by atoms with Gasteiger partial charge in [-0.05, 0) is 52.0 Å². The maximum Gasteiger partial charge on any atom is 1.00 e. The number of hydrogen-bond donors (Lipinski definition) is 0. The molecule has 6 heteroatoms. The molecule has 0 aromatic heterocycles. The molecular formula is C29H25NaO4S. The van der Waals surface area contributed by atoms with Gasteiger partial charge >= 0.3 is 29.6 Å². The molecule has 4 aromatic carbocycles. The quantitative estimate of drug-likeness (QED) is 0.156. The van der Waals surface area contributed by atoms with Crippen molar-refractivity contribution in [1.82, 2.24) is 0 Å². The third-order valence-electron chi connectivity index (χ3n) is 5.39. The second kappa shape index (κ2) is 12.9. The Bertz CT molecular complexity index is 1290. The molecule has 0 atom stereocenters. The van der Waals surface area contributed by atoms with Gasteiger partial charge in [0.15, 0.2) is 0 Å². The van der Waals surface area contributed by atoms with Crippen LogP contribution in [-0.4, -0.2) is 25.3 Å². The molecule has 0 aliphatic carbocycles. The SMILES string of the molecule is O=S(=O)([O-])CCCOc1ccc(C(=C(c2ccccc2)c2ccccc2)c2ccccc2)cc1.[Na+]. The Hall–Kier alpha value is -2.67. The minimum absolute atomic E-state index is 0. The van der Waals surface area contributed by atoms with Crippen LogP contribution in [0.2, 0.25) is 0 Å². The summed E-state index contributed by atoms with van der Waals surface area (Å²) in [5.74, 6) is 0.198. The molecule has 4 rings (SSSR count). The first kappa shape index (κ1) is 26.9. The van der Waals surface area contributed by atoms with Gasteiger partial charge in [-0.3, -0.25) is 0 Å². The van der Waals surface area contributed by atoms with Gasteiger partial charge in [-0.1, -0.05) is 103 Å². The first-order chi connectivity index (χ1) is 16.5. The Morgan fingerprint density at radius 1 is 0.600 bits per heavy atom. The number of ether oxygens (including phenoxy) is 1. The van der Waals surface area contributed by atoms with Crippen LogP contribution in [0, 0.1) is 0 Å². The zero-order valence-electron chi connectivity index (χ0n) is 19.6. The molecule has 0 bridgehead atoms. The van der Waals surface area contributed by atoms with Gasteiger partial charge < -0.3 is 9.29 Å². The number of hydrogen-bond acceptors (Lipinski definition) is 4. The minimum Gasteiger partial charge on any atom is -0.748 e. The molecule has 0 saturated heterocycles. The first-order valence-corrected chi connectivity index (χ1v) is 12.7. The Balaban J connectivity index is 0.00000342. The molecule has 0 radical (unpaired) electrons. The molecule has 4 nitrogen and oxygen atoms in total. The summed E-state index contributed by atoms with van der Waals surface area (Å²) in [6.45, 7) is 0.168. The van der Waals surface area contributed by atoms with Gasteiger partial charge in [0.25, 0.3) is 0 Å². The minimum atomic E-state index is -4.23. The zero-order valence-corrected chi connectivity index (χ0v) is 22.4. The molecule has 0 fully saturated rings. The summed E-state index contributed by atoms with van der Waals surface area (Å²) in [5, 5.41) is 0. The smallest absolute Gasteiger partial charge is 0.748 e. The van der Waals surface area contributed by atoms with Gasteiger partial charge in [-0.25, -0.2) is 8.42 Å². The second-order valence-corrected chi connectivity index (χ2v) is 9.36. The maximum absolute atomic E-state index is 10.8. The van der Waals surface area contributed by atoms with E-state index in [9.17, 15) is 13.0 Å². The van der Waals surface area contributed by atoms with Gasteiger partial charge in [0.05, 0.1) is 16.7 Å². The Kier molecular flexibility index (Phi) is 9.90. The Morgan fingerprint density at radius 3 is 1.34 bits per heavy atom. The zero-order chi connectivity index (χ0) is 23.8. The van der Waals surface area contributed by atoms with Crippen molar-refractivity contribution in [3.63, 3.8) is 0 Å². The fourth-order valence-electron chi connectivity index (χ4n) is 3.87. The molecule has 0 saturated carbocycles. The van der Waals surface area contributed by atoms with Crippen LogP contribution in [0.15, 0.2) is 115 Å². The molecule has 35 heavy (non-hydrogen) atoms. The molecule has 0 heterocycles. The van der Waals surface area contributed by atoms with Gasteiger partial charge in [-0.2, -0.15) is 0 Å². The second-order valence-electron chi connectivity index (χ2n) is 7.84. The van der Waals surface area contributed by atoms with Crippen LogP contribution in [0.25, 0.3) is 11.1 Å². The normalized spacial score (nSPS) is 10.8. The molecule has 172 valence electrons. The third-order valence-corrected chi connectivity index (χ3v) is 6.18. The van der Waals surface area contributed by atoms with Crippen molar-refractivity contribution in [2.75, 3.05) is 12.4 Å². The average molecular weight is 493 g/mol. The van der Waals surface area contributed by atoms with Crippen LogP contribution in [-0.2, 0) is 10.1 Å². The van der Waals surface area contributed by atoms with E-state index in [1.807, 2.05) is 78.9 Å². The number of benzene rings is 4. The fraction of sp³-hybridized carbons (Fsp3) is 0.103. The molecule has 0 aliphatic heterocycles. The predicted octanol–water partition coefficient (Wildman–Crippen LogP) is 3.01. The largest absolute Gasteiger partial charge is 1.00 e. The van der Waals surface area contributed by atoms with Gasteiger partial charge in [0.2, 0.25) is 0 Å². The third kappa shape index (κ3) is 7.66. The van der Waals surface area contributed by atoms with Gasteiger partial charge in [0, 0.05) is 5.75 Å². The molecular weight excluding hydrogens is 467 g/mol. The molecule has 0 spiro atoms. The monoisotopic (exact) mass is 492 g/mol. The van der Waals surface area contributed by atoms with Crippen LogP contribution in [0.3, 0.4) is 0 Å². The van der Waals surface area contributed by atoms with E-state index < -0.39 is 15.9 Å². The molecule has 0 aliphatic rings. The molecule has 4 aromatic rings. The Labute approximate surface area is 229 Å². The van der Waals surface area contributed by atoms with Crippen LogP contribution >= 0.6 is 0 Å². The van der Waals surface area contributed by atoms with Crippen molar-refractivity contribution >= 4 is 21.3 Å². The maximum atomic E-state index is 10.8. The van der Waals surface area contributed by atoms with E-state index >= 15 is 0 Å². The summed E-state index contributed by atoms with van der Waals surface area (Å²) < 4.78 is 38.0. The summed E-state index contributed by atoms with van der Waals surface area (Å²) >= 11 is 0. The summed E-state index contributed by atoms with van der Waals surface area (Å²) in [6, 6.07) is 38.7. The number of rotatable bonds is 9. The van der Waals surface area contributed by atoms with Crippen LogP contribution < -0.4 is 34.3 Å². The summed E-state index contributed by atoms with van der Waals surface area (Å²) in [6.07, 6.45) is 0.162. The fourth-order valence-corrected chi connectivity index (χ4v) is 4.34. The van der Waals surface area contributed by atoms with Gasteiger partial charge in [-0.15, -0.1) is 0 Å². The summed E-state index contributed by atoms with van der Waals surface area (Å²) in [4.78, 5) is 0. The first-order valence-electron chi connectivity index (χ1n) is 11.1. The van der Waals surface area contributed by atoms with Crippen molar-refractivity contribution in [2.24, 2.45) is 0 Å². The van der Waals surface area contributed by atoms with Crippen LogP contribution in [0.4, 0.5) is 0 Å². The predicted molar refractivity (Wildman–Crippen MR) is 135 cm³/mol. The van der Waals surface area contributed by atoms with E-state index in [1.165, 1.54) is 0 Å². The van der Waals surface area contributed by atoms with E-state index in [0.29, 0.717) is 5.75 Å². The molecule has 0 unspecified atom stereocenters. The average Bonchev–Trinajstić information content (AvgIpc) is 2.87. The van der Waals surface area contributed by atoms with Crippen molar-refractivity contribution in [1.29, 1.82) is 0 Å². The van der Waals surface area contributed by atoms with Crippen molar-refractivity contribution < 1.29 is 47.3 Å². The molecule has 0 amide bonds. The summed E-state index contributed by atoms with van der Waals surface area (Å²) in [7, 11) is -4.23. The topological polar surface area (TPSA) is 66.4 Å². The van der Waals surface area contributed by atoms with E-state index in [0.717, 1.165) is 33.4 Å². The summed E-state index contributed by atoms with van der Waals surface area (Å²) in [5.41, 5.74) is 6.59. The van der Waals surface area contributed by atoms with Gasteiger partial charge in [0.1, 0.15) is 5.75 Å². The van der Waals surface area contributed by atoms with Crippen LogP contribution in [0.5, 0.6) is 5.75 Å². The van der Waals surface area contributed by atoms with Crippen molar-refractivity contribution in [3.05, 3.63) is 138 Å². The standard InChI is InChI=1S/C29H26O4S.Na/c30-34(31,32)22-10-21-33-27-19-17-26(18-20-27)29(25-15-8-3-9-16-25)28(23-11-4-1-5-12-23)24-13-6-2-7-14-24;/h1-9,11-20H,10,21-22H2,(H,30,31,32);/q;+1/p-1.